The molecular formula is C19H23N3O3. The van der Waals surface area contributed by atoms with Gasteiger partial charge in [0, 0.05) is 32.4 Å². The molecular weight excluding hydrogens is 318 g/mol. The van der Waals surface area contributed by atoms with E-state index >= 15 is 0 Å². The maximum Gasteiger partial charge on any atom is 0.230 e. The number of hydrogen-bond donors (Lipinski definition) is 1. The van der Waals surface area contributed by atoms with Gasteiger partial charge in [0.2, 0.25) is 5.91 Å². The van der Waals surface area contributed by atoms with Gasteiger partial charge in [0.25, 0.3) is 0 Å². The number of piperidine rings is 1. The molecule has 132 valence electrons. The Morgan fingerprint density at radius 1 is 1.36 bits per heavy atom. The van der Waals surface area contributed by atoms with Crippen LogP contribution in [0.15, 0.2) is 47.2 Å². The van der Waals surface area contributed by atoms with Crippen molar-refractivity contribution < 1.29 is 13.9 Å². The van der Waals surface area contributed by atoms with Gasteiger partial charge in [0.15, 0.2) is 0 Å². The van der Waals surface area contributed by atoms with Crippen molar-refractivity contribution in [3.8, 4) is 0 Å². The number of ether oxygens (including phenoxy) is 1. The Labute approximate surface area is 147 Å². The molecule has 0 bridgehead atoms. The van der Waals surface area contributed by atoms with Crippen molar-refractivity contribution in [2.45, 2.75) is 32.0 Å². The van der Waals surface area contributed by atoms with Gasteiger partial charge >= 0.3 is 0 Å². The standard InChI is InChI=1S/C19H23N3O3/c23-18(21-12-16-5-3-10-24-16)19-7-11-25-17(19)6-9-22(14-19)13-15-4-1-2-8-20-15/h1-5,8,10,17H,6-7,9,11-14H2,(H,21,23)/t17-,19-/m0/s1. The fourth-order valence-electron chi connectivity index (χ4n) is 3.97. The number of carbonyl (C=O) groups is 1. The first-order valence-electron chi connectivity index (χ1n) is 8.81. The number of hydrogen-bond acceptors (Lipinski definition) is 5. The van der Waals surface area contributed by atoms with Gasteiger partial charge in [0.05, 0.1) is 30.0 Å². The van der Waals surface area contributed by atoms with E-state index in [9.17, 15) is 4.79 Å². The molecule has 4 rings (SSSR count). The smallest absolute Gasteiger partial charge is 0.230 e. The number of aromatic nitrogens is 1. The van der Waals surface area contributed by atoms with Gasteiger partial charge in [-0.2, -0.15) is 0 Å². The second kappa shape index (κ2) is 6.98. The lowest BCUT2D eigenvalue weighted by Crippen LogP contribution is -2.56. The quantitative estimate of drug-likeness (QED) is 0.901. The van der Waals surface area contributed by atoms with Gasteiger partial charge in [-0.15, -0.1) is 0 Å². The number of furan rings is 1. The molecule has 2 aromatic rings. The molecule has 0 spiro atoms. The monoisotopic (exact) mass is 341 g/mol. The summed E-state index contributed by atoms with van der Waals surface area (Å²) in [6.07, 6.45) is 5.08. The summed E-state index contributed by atoms with van der Waals surface area (Å²) in [6.45, 7) is 3.46. The van der Waals surface area contributed by atoms with Crippen LogP contribution in [0, 0.1) is 5.41 Å². The number of rotatable bonds is 5. The minimum Gasteiger partial charge on any atom is -0.467 e. The first-order valence-corrected chi connectivity index (χ1v) is 8.81. The van der Waals surface area contributed by atoms with Crippen LogP contribution in [0.2, 0.25) is 0 Å². The second-order valence-corrected chi connectivity index (χ2v) is 6.85. The van der Waals surface area contributed by atoms with Crippen molar-refractivity contribution in [1.29, 1.82) is 0 Å². The minimum absolute atomic E-state index is 0.00378. The zero-order chi connectivity index (χ0) is 17.1. The highest BCUT2D eigenvalue weighted by atomic mass is 16.5. The van der Waals surface area contributed by atoms with E-state index in [4.69, 9.17) is 9.15 Å². The number of amides is 1. The topological polar surface area (TPSA) is 67.6 Å². The fourth-order valence-corrected chi connectivity index (χ4v) is 3.97. The Bertz CT molecular complexity index is 704. The summed E-state index contributed by atoms with van der Waals surface area (Å²) in [7, 11) is 0. The fraction of sp³-hybridized carbons (Fsp3) is 0.474. The van der Waals surface area contributed by atoms with Crippen LogP contribution in [0.3, 0.4) is 0 Å². The van der Waals surface area contributed by atoms with Crippen LogP contribution in [-0.4, -0.2) is 41.6 Å². The Morgan fingerprint density at radius 3 is 3.12 bits per heavy atom. The molecule has 1 N–H and O–H groups in total. The van der Waals surface area contributed by atoms with Crippen molar-refractivity contribution in [2.24, 2.45) is 5.41 Å². The summed E-state index contributed by atoms with van der Waals surface area (Å²) in [5.74, 6) is 0.832. The molecule has 4 heterocycles. The molecule has 2 aliphatic rings. The van der Waals surface area contributed by atoms with Gasteiger partial charge in [-0.25, -0.2) is 0 Å². The lowest BCUT2D eigenvalue weighted by molar-refractivity contribution is -0.139. The van der Waals surface area contributed by atoms with Crippen LogP contribution in [0.25, 0.3) is 0 Å². The zero-order valence-electron chi connectivity index (χ0n) is 14.2. The predicted octanol–water partition coefficient (Wildman–Crippen LogP) is 1.97. The first kappa shape index (κ1) is 16.3. The molecule has 0 saturated carbocycles. The highest BCUT2D eigenvalue weighted by molar-refractivity contribution is 5.84. The third-order valence-electron chi connectivity index (χ3n) is 5.26. The van der Waals surface area contributed by atoms with E-state index in [1.807, 2.05) is 36.5 Å². The number of likely N-dealkylation sites (tertiary alicyclic amines) is 1. The molecule has 2 saturated heterocycles. The van der Waals surface area contributed by atoms with E-state index in [2.05, 4.69) is 15.2 Å². The Balaban J connectivity index is 1.45. The molecule has 2 fully saturated rings. The van der Waals surface area contributed by atoms with E-state index in [1.54, 1.807) is 6.26 Å². The number of carbonyl (C=O) groups excluding carboxylic acids is 1. The first-order chi connectivity index (χ1) is 12.3. The second-order valence-electron chi connectivity index (χ2n) is 6.85. The van der Waals surface area contributed by atoms with E-state index in [1.165, 1.54) is 0 Å². The van der Waals surface area contributed by atoms with Gasteiger partial charge in [0.1, 0.15) is 5.76 Å². The van der Waals surface area contributed by atoms with E-state index < -0.39 is 5.41 Å². The van der Waals surface area contributed by atoms with Gasteiger partial charge < -0.3 is 14.5 Å². The van der Waals surface area contributed by atoms with Crippen LogP contribution in [0.4, 0.5) is 0 Å². The lowest BCUT2D eigenvalue weighted by atomic mass is 9.75. The van der Waals surface area contributed by atoms with Gasteiger partial charge in [-0.05, 0) is 37.1 Å². The molecule has 1 amide bonds. The lowest BCUT2D eigenvalue weighted by Gasteiger charge is -2.42. The molecule has 0 unspecified atom stereocenters. The Kier molecular flexibility index (Phi) is 4.55. The molecule has 2 atom stereocenters. The van der Waals surface area contributed by atoms with Crippen molar-refractivity contribution in [3.05, 3.63) is 54.2 Å². The van der Waals surface area contributed by atoms with Crippen molar-refractivity contribution in [3.63, 3.8) is 0 Å². The molecule has 2 aromatic heterocycles. The highest BCUT2D eigenvalue weighted by Gasteiger charge is 2.53. The van der Waals surface area contributed by atoms with E-state index in [0.29, 0.717) is 19.7 Å². The van der Waals surface area contributed by atoms with Crippen LogP contribution in [0.5, 0.6) is 0 Å². The van der Waals surface area contributed by atoms with Crippen molar-refractivity contribution >= 4 is 5.91 Å². The van der Waals surface area contributed by atoms with Gasteiger partial charge in [-0.3, -0.25) is 14.7 Å². The summed E-state index contributed by atoms with van der Waals surface area (Å²) in [6, 6.07) is 9.65. The van der Waals surface area contributed by atoms with Crippen LogP contribution < -0.4 is 5.32 Å². The highest BCUT2D eigenvalue weighted by Crippen LogP contribution is 2.41. The molecule has 0 aliphatic carbocycles. The number of nitrogens with one attached hydrogen (secondary N) is 1. The van der Waals surface area contributed by atoms with Crippen LogP contribution in [-0.2, 0) is 22.6 Å². The average Bonchev–Trinajstić information content (AvgIpc) is 3.30. The SMILES string of the molecule is O=C(NCc1ccco1)[C@]12CCO[C@H]1CCN(Cc1ccccn1)C2. The minimum atomic E-state index is -0.473. The summed E-state index contributed by atoms with van der Waals surface area (Å²) >= 11 is 0. The maximum absolute atomic E-state index is 13.0. The van der Waals surface area contributed by atoms with Crippen molar-refractivity contribution in [1.82, 2.24) is 15.2 Å². The normalized spacial score (nSPS) is 26.3. The Morgan fingerprint density at radius 2 is 2.32 bits per heavy atom. The van der Waals surface area contributed by atoms with E-state index in [0.717, 1.165) is 37.4 Å². The molecule has 0 radical (unpaired) electrons. The Hall–Kier alpha value is -2.18. The third kappa shape index (κ3) is 3.32. The zero-order valence-corrected chi connectivity index (χ0v) is 14.2. The molecule has 6 nitrogen and oxygen atoms in total. The molecule has 25 heavy (non-hydrogen) atoms. The summed E-state index contributed by atoms with van der Waals surface area (Å²) in [4.78, 5) is 19.7. The number of fused-ring (bicyclic) bond motifs is 1. The molecule has 2 aliphatic heterocycles. The summed E-state index contributed by atoms with van der Waals surface area (Å²) in [5, 5.41) is 3.05. The maximum atomic E-state index is 13.0. The van der Waals surface area contributed by atoms with E-state index in [-0.39, 0.29) is 12.0 Å². The molecule has 6 heteroatoms. The van der Waals surface area contributed by atoms with Gasteiger partial charge in [-0.1, -0.05) is 6.07 Å². The number of pyridine rings is 1. The summed E-state index contributed by atoms with van der Waals surface area (Å²) in [5.41, 5.74) is 0.561. The largest absolute Gasteiger partial charge is 0.467 e. The van der Waals surface area contributed by atoms with Crippen molar-refractivity contribution in [2.75, 3.05) is 19.7 Å². The molecule has 0 aromatic carbocycles. The third-order valence-corrected chi connectivity index (χ3v) is 5.26. The van der Waals surface area contributed by atoms with Crippen LogP contribution in [0.1, 0.15) is 24.3 Å². The van der Waals surface area contributed by atoms with Crippen LogP contribution >= 0.6 is 0 Å². The predicted molar refractivity (Wildman–Crippen MR) is 91.5 cm³/mol. The average molecular weight is 341 g/mol. The number of nitrogens with zero attached hydrogens (tertiary/aromatic N) is 2. The summed E-state index contributed by atoms with van der Waals surface area (Å²) < 4.78 is 11.2.